The van der Waals surface area contributed by atoms with Crippen molar-refractivity contribution in [3.05, 3.63) is 42.4 Å². The molecule has 0 N–H and O–H groups in total. The van der Waals surface area contributed by atoms with Gasteiger partial charge in [0.2, 0.25) is 0 Å². The average molecular weight is 186 g/mol. The van der Waals surface area contributed by atoms with Crippen molar-refractivity contribution < 1.29 is 4.79 Å². The number of aromatic nitrogens is 2. The van der Waals surface area contributed by atoms with Gasteiger partial charge in [0.05, 0.1) is 18.2 Å². The van der Waals surface area contributed by atoms with E-state index < -0.39 is 0 Å². The predicted octanol–water partition coefficient (Wildman–Crippen LogP) is 1.90. The third-order valence-electron chi connectivity index (χ3n) is 2.16. The lowest BCUT2D eigenvalue weighted by molar-refractivity contribution is 0.112. The van der Waals surface area contributed by atoms with E-state index in [1.165, 1.54) is 0 Å². The number of carbonyl (C=O) groups excluding carboxylic acids is 1. The number of carbonyl (C=O) groups is 1. The van der Waals surface area contributed by atoms with Gasteiger partial charge in [0.25, 0.3) is 0 Å². The van der Waals surface area contributed by atoms with Gasteiger partial charge in [0, 0.05) is 12.6 Å². The molecule has 0 aliphatic rings. The van der Waals surface area contributed by atoms with E-state index in [1.807, 2.05) is 23.7 Å². The Morgan fingerprint density at radius 2 is 2.00 bits per heavy atom. The maximum absolute atomic E-state index is 10.5. The first-order valence-electron chi connectivity index (χ1n) is 4.33. The first-order valence-corrected chi connectivity index (χ1v) is 4.33. The van der Waals surface area contributed by atoms with E-state index in [0.29, 0.717) is 5.56 Å². The largest absolute Gasteiger partial charge is 0.334 e. The van der Waals surface area contributed by atoms with Crippen LogP contribution in [0.5, 0.6) is 0 Å². The zero-order valence-corrected chi connectivity index (χ0v) is 7.84. The van der Waals surface area contributed by atoms with E-state index >= 15 is 0 Å². The first kappa shape index (κ1) is 8.69. The summed E-state index contributed by atoms with van der Waals surface area (Å²) in [6.07, 6.45) is 4.39. The molecule has 1 heterocycles. The number of imidazole rings is 1. The average Bonchev–Trinajstić information content (AvgIpc) is 2.65. The molecule has 0 aliphatic heterocycles. The van der Waals surface area contributed by atoms with Crippen LogP contribution in [-0.4, -0.2) is 15.8 Å². The highest BCUT2D eigenvalue weighted by Gasteiger charge is 2.01. The molecule has 2 aromatic rings. The van der Waals surface area contributed by atoms with Crippen molar-refractivity contribution in [3.8, 4) is 11.3 Å². The standard InChI is InChI=1S/C11H10N2O/c1-13-8-12-6-11(13)10-4-2-9(7-14)3-5-10/h2-8H,1H3. The Bertz CT molecular complexity index is 443. The minimum absolute atomic E-state index is 0.691. The summed E-state index contributed by atoms with van der Waals surface area (Å²) in [7, 11) is 1.94. The lowest BCUT2D eigenvalue weighted by Crippen LogP contribution is -1.89. The van der Waals surface area contributed by atoms with Gasteiger partial charge in [-0.1, -0.05) is 24.3 Å². The smallest absolute Gasteiger partial charge is 0.150 e. The highest BCUT2D eigenvalue weighted by molar-refractivity contribution is 5.76. The SMILES string of the molecule is Cn1cncc1-c1ccc(C=O)cc1. The summed E-state index contributed by atoms with van der Waals surface area (Å²) in [5, 5.41) is 0. The van der Waals surface area contributed by atoms with Crippen LogP contribution in [0.1, 0.15) is 10.4 Å². The van der Waals surface area contributed by atoms with E-state index in [9.17, 15) is 4.79 Å². The van der Waals surface area contributed by atoms with Crippen LogP contribution in [0.2, 0.25) is 0 Å². The molecule has 3 nitrogen and oxygen atoms in total. The van der Waals surface area contributed by atoms with E-state index in [0.717, 1.165) is 17.5 Å². The number of benzene rings is 1. The Balaban J connectivity index is 2.43. The molecule has 0 radical (unpaired) electrons. The van der Waals surface area contributed by atoms with Crippen LogP contribution >= 0.6 is 0 Å². The molecule has 2 rings (SSSR count). The summed E-state index contributed by atoms with van der Waals surface area (Å²) >= 11 is 0. The molecule has 14 heavy (non-hydrogen) atoms. The number of aryl methyl sites for hydroxylation is 1. The lowest BCUT2D eigenvalue weighted by Gasteiger charge is -2.01. The van der Waals surface area contributed by atoms with Gasteiger partial charge in [-0.15, -0.1) is 0 Å². The number of aldehydes is 1. The van der Waals surface area contributed by atoms with E-state index in [-0.39, 0.29) is 0 Å². The zero-order valence-electron chi connectivity index (χ0n) is 7.84. The van der Waals surface area contributed by atoms with Gasteiger partial charge in [-0.2, -0.15) is 0 Å². The number of hydrogen-bond donors (Lipinski definition) is 0. The molecule has 0 saturated carbocycles. The van der Waals surface area contributed by atoms with Gasteiger partial charge in [-0.05, 0) is 5.56 Å². The normalized spacial score (nSPS) is 10.1. The topological polar surface area (TPSA) is 34.9 Å². The van der Waals surface area contributed by atoms with Crippen molar-refractivity contribution in [2.24, 2.45) is 7.05 Å². The quantitative estimate of drug-likeness (QED) is 0.671. The minimum Gasteiger partial charge on any atom is -0.334 e. The van der Waals surface area contributed by atoms with Crippen molar-refractivity contribution in [2.45, 2.75) is 0 Å². The zero-order chi connectivity index (χ0) is 9.97. The summed E-state index contributed by atoms with van der Waals surface area (Å²) in [6, 6.07) is 7.44. The maximum Gasteiger partial charge on any atom is 0.150 e. The van der Waals surface area contributed by atoms with Crippen molar-refractivity contribution in [2.75, 3.05) is 0 Å². The molecule has 0 unspecified atom stereocenters. The van der Waals surface area contributed by atoms with Gasteiger partial charge in [0.15, 0.2) is 0 Å². The van der Waals surface area contributed by atoms with Crippen LogP contribution in [0.15, 0.2) is 36.8 Å². The fourth-order valence-electron chi connectivity index (χ4n) is 1.37. The highest BCUT2D eigenvalue weighted by atomic mass is 16.1. The molecule has 0 bridgehead atoms. The van der Waals surface area contributed by atoms with Crippen molar-refractivity contribution in [1.29, 1.82) is 0 Å². The second kappa shape index (κ2) is 3.46. The van der Waals surface area contributed by atoms with Gasteiger partial charge < -0.3 is 4.57 Å². The number of rotatable bonds is 2. The van der Waals surface area contributed by atoms with Crippen LogP contribution in [-0.2, 0) is 7.05 Å². The van der Waals surface area contributed by atoms with Gasteiger partial charge in [0.1, 0.15) is 6.29 Å². The molecular weight excluding hydrogens is 176 g/mol. The minimum atomic E-state index is 0.691. The van der Waals surface area contributed by atoms with E-state index in [4.69, 9.17) is 0 Å². The lowest BCUT2D eigenvalue weighted by atomic mass is 10.1. The maximum atomic E-state index is 10.5. The molecule has 0 saturated heterocycles. The molecule has 0 amide bonds. The van der Waals surface area contributed by atoms with Crippen LogP contribution in [0.25, 0.3) is 11.3 Å². The molecule has 0 spiro atoms. The Morgan fingerprint density at radius 3 is 2.50 bits per heavy atom. The van der Waals surface area contributed by atoms with Crippen molar-refractivity contribution >= 4 is 6.29 Å². The van der Waals surface area contributed by atoms with Gasteiger partial charge in [-0.3, -0.25) is 4.79 Å². The van der Waals surface area contributed by atoms with Crippen molar-refractivity contribution in [3.63, 3.8) is 0 Å². The summed E-state index contributed by atoms with van der Waals surface area (Å²) < 4.78 is 1.94. The molecule has 1 aromatic carbocycles. The molecule has 70 valence electrons. The second-order valence-electron chi connectivity index (χ2n) is 3.13. The Kier molecular flexibility index (Phi) is 2.14. The molecule has 3 heteroatoms. The number of nitrogens with zero attached hydrogens (tertiary/aromatic N) is 2. The number of hydrogen-bond acceptors (Lipinski definition) is 2. The van der Waals surface area contributed by atoms with E-state index in [2.05, 4.69) is 4.98 Å². The summed E-state index contributed by atoms with van der Waals surface area (Å²) in [4.78, 5) is 14.5. The fourth-order valence-corrected chi connectivity index (χ4v) is 1.37. The van der Waals surface area contributed by atoms with Crippen LogP contribution in [0.4, 0.5) is 0 Å². The first-order chi connectivity index (χ1) is 6.81. The van der Waals surface area contributed by atoms with Crippen LogP contribution in [0, 0.1) is 0 Å². The molecular formula is C11H10N2O. The van der Waals surface area contributed by atoms with Crippen molar-refractivity contribution in [1.82, 2.24) is 9.55 Å². The molecule has 0 atom stereocenters. The summed E-state index contributed by atoms with van der Waals surface area (Å²) in [5.41, 5.74) is 2.80. The Morgan fingerprint density at radius 1 is 1.29 bits per heavy atom. The van der Waals surface area contributed by atoms with Gasteiger partial charge >= 0.3 is 0 Å². The monoisotopic (exact) mass is 186 g/mol. The predicted molar refractivity (Wildman–Crippen MR) is 54.0 cm³/mol. The molecule has 0 aliphatic carbocycles. The van der Waals surface area contributed by atoms with E-state index in [1.54, 1.807) is 24.7 Å². The second-order valence-corrected chi connectivity index (χ2v) is 3.13. The Hall–Kier alpha value is -1.90. The molecule has 0 fully saturated rings. The summed E-state index contributed by atoms with van der Waals surface area (Å²) in [6.45, 7) is 0. The third kappa shape index (κ3) is 1.44. The van der Waals surface area contributed by atoms with Crippen LogP contribution in [0.3, 0.4) is 0 Å². The highest BCUT2D eigenvalue weighted by Crippen LogP contribution is 2.17. The van der Waals surface area contributed by atoms with Gasteiger partial charge in [-0.25, -0.2) is 4.98 Å². The van der Waals surface area contributed by atoms with Crippen LogP contribution < -0.4 is 0 Å². The Labute approximate surface area is 82.0 Å². The third-order valence-corrected chi connectivity index (χ3v) is 2.16. The summed E-state index contributed by atoms with van der Waals surface area (Å²) in [5.74, 6) is 0. The fraction of sp³-hybridized carbons (Fsp3) is 0.0909. The molecule has 1 aromatic heterocycles.